The summed E-state index contributed by atoms with van der Waals surface area (Å²) in [6, 6.07) is 4.00. The third-order valence-corrected chi connectivity index (χ3v) is 6.93. The molecule has 3 unspecified atom stereocenters. The minimum atomic E-state index is -5.08. The van der Waals surface area contributed by atoms with Crippen LogP contribution in [0.2, 0.25) is 0 Å². The number of likely N-dealkylation sites (tertiary alicyclic amines) is 1. The lowest BCUT2D eigenvalue weighted by molar-refractivity contribution is -0.193. The highest BCUT2D eigenvalue weighted by atomic mass is 19.4. The van der Waals surface area contributed by atoms with Gasteiger partial charge in [-0.15, -0.1) is 0 Å². The average molecular weight is 639 g/mol. The number of nitrogens with zero attached hydrogens (tertiary/aromatic N) is 5. The van der Waals surface area contributed by atoms with Crippen molar-refractivity contribution in [3.05, 3.63) is 41.3 Å². The van der Waals surface area contributed by atoms with Crippen molar-refractivity contribution < 1.29 is 55.6 Å². The Labute approximate surface area is 247 Å². The van der Waals surface area contributed by atoms with Crippen molar-refractivity contribution in [1.82, 2.24) is 19.9 Å². The van der Waals surface area contributed by atoms with Gasteiger partial charge < -0.3 is 30.3 Å². The van der Waals surface area contributed by atoms with E-state index in [1.807, 2.05) is 12.3 Å². The molecule has 5 heterocycles. The Morgan fingerprint density at radius 2 is 1.66 bits per heavy atom. The fourth-order valence-electron chi connectivity index (χ4n) is 5.11. The molecule has 2 aromatic heterocycles. The van der Waals surface area contributed by atoms with Crippen LogP contribution in [0.4, 0.5) is 38.1 Å². The van der Waals surface area contributed by atoms with Crippen LogP contribution in [0.25, 0.3) is 0 Å². The van der Waals surface area contributed by atoms with E-state index in [0.29, 0.717) is 19.0 Å². The van der Waals surface area contributed by atoms with Crippen LogP contribution in [-0.2, 0) is 37.6 Å². The first kappa shape index (κ1) is 34.7. The molecule has 0 amide bonds. The van der Waals surface area contributed by atoms with Gasteiger partial charge in [0.25, 0.3) is 0 Å². The van der Waals surface area contributed by atoms with Gasteiger partial charge in [0.15, 0.2) is 0 Å². The number of hydrogen-bond acceptors (Lipinski definition) is 10. The molecule has 3 aliphatic rings. The standard InChI is InChI=1S/C22H30N6O2.2C2HF3O2/c1-15-9-28(10-16(2)30-15)21-25-8-18-12-29-14-22(19(18)26-21)5-7-27(13-22)11-17-4-3-6-24-20(17)23;2*3-2(4,5)1(6)7/h3-4,6,8,15-16H,5,7,9-14H2,1-2H3,(H2,23,24);2*(H,6,7). The molecule has 244 valence electrons. The number of pyridine rings is 1. The number of rotatable bonds is 3. The first-order valence-corrected chi connectivity index (χ1v) is 13.3. The number of morpholine rings is 1. The average Bonchev–Trinajstić information content (AvgIpc) is 3.32. The van der Waals surface area contributed by atoms with Crippen molar-refractivity contribution in [3.8, 4) is 0 Å². The lowest BCUT2D eigenvalue weighted by Crippen LogP contribution is -2.47. The Bertz CT molecular complexity index is 1280. The summed E-state index contributed by atoms with van der Waals surface area (Å²) in [5.41, 5.74) is 9.33. The van der Waals surface area contributed by atoms with Gasteiger partial charge in [0.2, 0.25) is 5.95 Å². The number of aromatic nitrogens is 3. The van der Waals surface area contributed by atoms with Gasteiger partial charge in [-0.1, -0.05) is 6.07 Å². The molecule has 5 rings (SSSR count). The van der Waals surface area contributed by atoms with Gasteiger partial charge in [-0.25, -0.2) is 24.5 Å². The molecule has 2 aromatic rings. The van der Waals surface area contributed by atoms with E-state index in [0.717, 1.165) is 61.9 Å². The fraction of sp³-hybridized carbons (Fsp3) is 0.577. The molecular formula is C26H32F6N6O6. The number of fused-ring (bicyclic) bond motifs is 2. The van der Waals surface area contributed by atoms with Crippen LogP contribution in [-0.4, -0.2) is 99.3 Å². The number of halogens is 6. The minimum Gasteiger partial charge on any atom is -0.475 e. The van der Waals surface area contributed by atoms with Gasteiger partial charge in [0.05, 0.1) is 36.5 Å². The van der Waals surface area contributed by atoms with Crippen LogP contribution in [0.3, 0.4) is 0 Å². The zero-order valence-electron chi connectivity index (χ0n) is 23.7. The Morgan fingerprint density at radius 1 is 1.07 bits per heavy atom. The first-order chi connectivity index (χ1) is 20.4. The first-order valence-electron chi connectivity index (χ1n) is 13.3. The number of carboxylic acid groups (broad SMARTS) is 2. The summed E-state index contributed by atoms with van der Waals surface area (Å²) in [4.78, 5) is 36.5. The molecule has 0 saturated carbocycles. The predicted octanol–water partition coefficient (Wildman–Crippen LogP) is 3.01. The van der Waals surface area contributed by atoms with Crippen LogP contribution in [0.15, 0.2) is 24.5 Å². The SMILES string of the molecule is CC1CN(c2ncc3c(n2)C2(CCN(Cc4cccnc4N)C2)COC3)CC(C)O1.O=C(O)C(F)(F)F.O=C(O)C(F)(F)F. The number of anilines is 2. The Hall–Kier alpha value is -3.77. The lowest BCUT2D eigenvalue weighted by Gasteiger charge is -2.38. The van der Waals surface area contributed by atoms with Gasteiger partial charge in [0, 0.05) is 49.7 Å². The largest absolute Gasteiger partial charge is 0.490 e. The second-order valence-electron chi connectivity index (χ2n) is 10.6. The van der Waals surface area contributed by atoms with Crippen LogP contribution in [0.1, 0.15) is 37.1 Å². The van der Waals surface area contributed by atoms with Crippen LogP contribution in [0.5, 0.6) is 0 Å². The van der Waals surface area contributed by atoms with Gasteiger partial charge in [-0.2, -0.15) is 26.3 Å². The lowest BCUT2D eigenvalue weighted by atomic mass is 9.80. The van der Waals surface area contributed by atoms with Gasteiger partial charge in [-0.05, 0) is 32.9 Å². The molecule has 3 atom stereocenters. The maximum absolute atomic E-state index is 10.6. The molecule has 18 heteroatoms. The topological polar surface area (TPSA) is 164 Å². The number of carbonyl (C=O) groups is 2. The second kappa shape index (κ2) is 13.9. The van der Waals surface area contributed by atoms with Crippen molar-refractivity contribution in [2.24, 2.45) is 0 Å². The number of ether oxygens (including phenoxy) is 2. The predicted molar refractivity (Wildman–Crippen MR) is 142 cm³/mol. The van der Waals surface area contributed by atoms with Crippen LogP contribution < -0.4 is 10.6 Å². The third kappa shape index (κ3) is 9.12. The summed E-state index contributed by atoms with van der Waals surface area (Å²) in [6.45, 7) is 9.83. The number of aliphatic carboxylic acids is 2. The number of nitrogen functional groups attached to an aromatic ring is 1. The molecule has 0 bridgehead atoms. The minimum absolute atomic E-state index is 0.0915. The molecule has 1 spiro atoms. The summed E-state index contributed by atoms with van der Waals surface area (Å²) < 4.78 is 75.4. The van der Waals surface area contributed by atoms with E-state index in [4.69, 9.17) is 40.0 Å². The quantitative estimate of drug-likeness (QED) is 0.422. The summed E-state index contributed by atoms with van der Waals surface area (Å²) in [6.07, 6.45) is -5.09. The molecule has 2 saturated heterocycles. The summed E-state index contributed by atoms with van der Waals surface area (Å²) in [7, 11) is 0. The molecule has 0 aliphatic carbocycles. The second-order valence-corrected chi connectivity index (χ2v) is 10.6. The smallest absolute Gasteiger partial charge is 0.475 e. The summed E-state index contributed by atoms with van der Waals surface area (Å²) in [5.74, 6) is -4.09. The van der Waals surface area contributed by atoms with E-state index in [9.17, 15) is 26.3 Å². The van der Waals surface area contributed by atoms with E-state index in [2.05, 4.69) is 39.7 Å². The van der Waals surface area contributed by atoms with Gasteiger partial charge in [0.1, 0.15) is 5.82 Å². The fourth-order valence-corrected chi connectivity index (χ4v) is 5.11. The van der Waals surface area contributed by atoms with Crippen molar-refractivity contribution >= 4 is 23.7 Å². The molecule has 12 nitrogen and oxygen atoms in total. The van der Waals surface area contributed by atoms with E-state index < -0.39 is 24.3 Å². The van der Waals surface area contributed by atoms with Crippen LogP contribution >= 0.6 is 0 Å². The monoisotopic (exact) mass is 638 g/mol. The highest BCUT2D eigenvalue weighted by Crippen LogP contribution is 2.40. The van der Waals surface area contributed by atoms with Gasteiger partial charge in [-0.3, -0.25) is 4.90 Å². The van der Waals surface area contributed by atoms with Crippen molar-refractivity contribution in [3.63, 3.8) is 0 Å². The Balaban J connectivity index is 0.000000317. The number of hydrogen-bond donors (Lipinski definition) is 3. The zero-order valence-corrected chi connectivity index (χ0v) is 23.7. The van der Waals surface area contributed by atoms with Gasteiger partial charge >= 0.3 is 24.3 Å². The maximum Gasteiger partial charge on any atom is 0.490 e. The van der Waals surface area contributed by atoms with E-state index in [1.54, 1.807) is 6.20 Å². The van der Waals surface area contributed by atoms with E-state index >= 15 is 0 Å². The van der Waals surface area contributed by atoms with Crippen LogP contribution in [0, 0.1) is 0 Å². The molecule has 3 aliphatic heterocycles. The van der Waals surface area contributed by atoms with Crippen molar-refractivity contribution in [2.75, 3.05) is 43.4 Å². The molecular weight excluding hydrogens is 606 g/mol. The molecule has 0 radical (unpaired) electrons. The normalized spacial score (nSPS) is 23.6. The highest BCUT2D eigenvalue weighted by Gasteiger charge is 2.45. The summed E-state index contributed by atoms with van der Waals surface area (Å²) >= 11 is 0. The third-order valence-electron chi connectivity index (χ3n) is 6.93. The van der Waals surface area contributed by atoms with E-state index in [-0.39, 0.29) is 17.6 Å². The highest BCUT2D eigenvalue weighted by molar-refractivity contribution is 5.73. The molecule has 0 aromatic carbocycles. The number of nitrogens with two attached hydrogens (primary N) is 1. The Morgan fingerprint density at radius 3 is 2.20 bits per heavy atom. The van der Waals surface area contributed by atoms with Crippen molar-refractivity contribution in [1.29, 1.82) is 0 Å². The summed E-state index contributed by atoms with van der Waals surface area (Å²) in [5, 5.41) is 14.2. The number of carboxylic acids is 2. The molecule has 44 heavy (non-hydrogen) atoms. The van der Waals surface area contributed by atoms with E-state index in [1.165, 1.54) is 0 Å². The number of alkyl halides is 6. The molecule has 2 fully saturated rings. The Kier molecular flexibility index (Phi) is 11.0. The maximum atomic E-state index is 10.6. The van der Waals surface area contributed by atoms with Crippen molar-refractivity contribution in [2.45, 2.75) is 63.4 Å². The zero-order chi connectivity index (χ0) is 32.9. The molecule has 4 N–H and O–H groups in total.